The number of hydrogen-bond acceptors (Lipinski definition) is 2. The van der Waals surface area contributed by atoms with E-state index in [1.165, 1.54) is 6.07 Å². The molecule has 2 rings (SSSR count). The lowest BCUT2D eigenvalue weighted by Gasteiger charge is -2.32. The molecule has 19 heavy (non-hydrogen) atoms. The molecule has 1 heterocycles. The van der Waals surface area contributed by atoms with Gasteiger partial charge in [-0.3, -0.25) is 4.79 Å². The van der Waals surface area contributed by atoms with Gasteiger partial charge < -0.3 is 10.2 Å². The lowest BCUT2D eigenvalue weighted by atomic mass is 10.1. The fraction of sp³-hybridized carbons (Fsp3) is 0.500. The van der Waals surface area contributed by atoms with Crippen LogP contribution in [-0.4, -0.2) is 36.5 Å². The van der Waals surface area contributed by atoms with Gasteiger partial charge >= 0.3 is 0 Å². The quantitative estimate of drug-likeness (QED) is 0.923. The van der Waals surface area contributed by atoms with E-state index in [1.807, 2.05) is 4.90 Å². The van der Waals surface area contributed by atoms with Gasteiger partial charge in [-0.2, -0.15) is 0 Å². The summed E-state index contributed by atoms with van der Waals surface area (Å²) in [5, 5.41) is 3.30. The Morgan fingerprint density at radius 2 is 2.37 bits per heavy atom. The highest BCUT2D eigenvalue weighted by atomic mass is 79.9. The van der Waals surface area contributed by atoms with E-state index in [2.05, 4.69) is 28.2 Å². The van der Waals surface area contributed by atoms with Crippen molar-refractivity contribution in [1.29, 1.82) is 0 Å². The second-order valence-corrected chi connectivity index (χ2v) is 5.85. The number of aryl methyl sites for hydroxylation is 1. The lowest BCUT2D eigenvalue weighted by Crippen LogP contribution is -2.51. The number of carbonyl (C=O) groups excluding carboxylic acids is 1. The summed E-state index contributed by atoms with van der Waals surface area (Å²) in [6.07, 6.45) is 0.821. The Hall–Kier alpha value is -0.940. The first-order valence-electron chi connectivity index (χ1n) is 6.51. The van der Waals surface area contributed by atoms with Crippen LogP contribution in [0.2, 0.25) is 0 Å². The first kappa shape index (κ1) is 14.5. The van der Waals surface area contributed by atoms with Crippen LogP contribution in [0.1, 0.15) is 18.9 Å². The molecule has 1 fully saturated rings. The van der Waals surface area contributed by atoms with Crippen molar-refractivity contribution in [2.45, 2.75) is 25.8 Å². The van der Waals surface area contributed by atoms with E-state index < -0.39 is 0 Å². The standard InChI is InChI=1S/C14H18BrFN2O/c1-10-9-18(7-6-17-10)14(19)5-3-11-2-4-12(15)8-13(11)16/h2,4,8,10,17H,3,5-7,9H2,1H3/t10-/m0/s1. The maximum atomic E-state index is 13.6. The Morgan fingerprint density at radius 3 is 3.05 bits per heavy atom. The topological polar surface area (TPSA) is 32.3 Å². The zero-order valence-corrected chi connectivity index (χ0v) is 12.5. The highest BCUT2D eigenvalue weighted by Gasteiger charge is 2.20. The highest BCUT2D eigenvalue weighted by Crippen LogP contribution is 2.17. The van der Waals surface area contributed by atoms with Crippen LogP contribution in [0.25, 0.3) is 0 Å². The molecule has 1 N–H and O–H groups in total. The van der Waals surface area contributed by atoms with Crippen LogP contribution in [0.5, 0.6) is 0 Å². The van der Waals surface area contributed by atoms with Crippen LogP contribution in [-0.2, 0) is 11.2 Å². The van der Waals surface area contributed by atoms with Crippen molar-refractivity contribution in [3.8, 4) is 0 Å². The van der Waals surface area contributed by atoms with Gasteiger partial charge in [0.25, 0.3) is 0 Å². The largest absolute Gasteiger partial charge is 0.340 e. The minimum absolute atomic E-state index is 0.107. The van der Waals surface area contributed by atoms with E-state index in [4.69, 9.17) is 0 Å². The Bertz CT molecular complexity index is 467. The molecule has 5 heteroatoms. The Kier molecular flexibility index (Phi) is 4.93. The number of rotatable bonds is 3. The normalized spacial score (nSPS) is 19.5. The minimum atomic E-state index is -0.254. The minimum Gasteiger partial charge on any atom is -0.340 e. The van der Waals surface area contributed by atoms with Crippen LogP contribution in [0, 0.1) is 5.82 Å². The van der Waals surface area contributed by atoms with E-state index in [1.54, 1.807) is 12.1 Å². The number of hydrogen-bond donors (Lipinski definition) is 1. The molecule has 1 aromatic carbocycles. The number of piperazine rings is 1. The van der Waals surface area contributed by atoms with Crippen molar-refractivity contribution < 1.29 is 9.18 Å². The van der Waals surface area contributed by atoms with Gasteiger partial charge in [0, 0.05) is 36.6 Å². The molecule has 104 valence electrons. The number of nitrogens with zero attached hydrogens (tertiary/aromatic N) is 1. The summed E-state index contributed by atoms with van der Waals surface area (Å²) in [7, 11) is 0. The van der Waals surface area contributed by atoms with E-state index in [0.717, 1.165) is 24.1 Å². The predicted molar refractivity (Wildman–Crippen MR) is 76.5 cm³/mol. The maximum absolute atomic E-state index is 13.6. The van der Waals surface area contributed by atoms with Crippen LogP contribution in [0.3, 0.4) is 0 Å². The molecule has 0 bridgehead atoms. The molecule has 1 aromatic rings. The van der Waals surface area contributed by atoms with Gasteiger partial charge in [-0.15, -0.1) is 0 Å². The molecule has 0 unspecified atom stereocenters. The molecule has 1 atom stereocenters. The average Bonchev–Trinajstić information content (AvgIpc) is 2.37. The van der Waals surface area contributed by atoms with Crippen LogP contribution >= 0.6 is 15.9 Å². The van der Waals surface area contributed by atoms with Crippen molar-refractivity contribution in [1.82, 2.24) is 10.2 Å². The summed E-state index contributed by atoms with van der Waals surface area (Å²) in [6.45, 7) is 4.38. The van der Waals surface area contributed by atoms with Crippen molar-refractivity contribution >= 4 is 21.8 Å². The third-order valence-corrected chi connectivity index (χ3v) is 3.84. The number of carbonyl (C=O) groups is 1. The number of benzene rings is 1. The number of amides is 1. The summed E-state index contributed by atoms with van der Waals surface area (Å²) in [5.41, 5.74) is 0.597. The Morgan fingerprint density at radius 1 is 1.58 bits per heavy atom. The first-order valence-corrected chi connectivity index (χ1v) is 7.30. The smallest absolute Gasteiger partial charge is 0.222 e. The van der Waals surface area contributed by atoms with Crippen LogP contribution in [0.4, 0.5) is 4.39 Å². The average molecular weight is 329 g/mol. The zero-order valence-electron chi connectivity index (χ0n) is 11.0. The molecule has 1 aliphatic rings. The summed E-state index contributed by atoms with van der Waals surface area (Å²) < 4.78 is 14.4. The molecule has 0 aromatic heterocycles. The second kappa shape index (κ2) is 6.48. The van der Waals surface area contributed by atoms with Crippen LogP contribution < -0.4 is 5.32 Å². The number of nitrogens with one attached hydrogen (secondary N) is 1. The molecule has 0 aliphatic carbocycles. The molecule has 0 saturated carbocycles. The van der Waals surface area contributed by atoms with Gasteiger partial charge in [0.05, 0.1) is 0 Å². The fourth-order valence-electron chi connectivity index (χ4n) is 2.28. The summed E-state index contributed by atoms with van der Waals surface area (Å²) in [6, 6.07) is 5.30. The summed E-state index contributed by atoms with van der Waals surface area (Å²) in [5.74, 6) is -0.147. The van der Waals surface area contributed by atoms with E-state index >= 15 is 0 Å². The molecular weight excluding hydrogens is 311 g/mol. The summed E-state index contributed by atoms with van der Waals surface area (Å²) >= 11 is 3.22. The molecule has 0 spiro atoms. The zero-order chi connectivity index (χ0) is 13.8. The van der Waals surface area contributed by atoms with Gasteiger partial charge in [0.2, 0.25) is 5.91 Å². The molecule has 1 amide bonds. The summed E-state index contributed by atoms with van der Waals surface area (Å²) in [4.78, 5) is 13.9. The molecule has 1 aliphatic heterocycles. The van der Waals surface area contributed by atoms with Crippen molar-refractivity contribution in [3.63, 3.8) is 0 Å². The molecular formula is C14H18BrFN2O. The number of halogens is 2. The van der Waals surface area contributed by atoms with Crippen molar-refractivity contribution in [3.05, 3.63) is 34.1 Å². The maximum Gasteiger partial charge on any atom is 0.222 e. The van der Waals surface area contributed by atoms with Gasteiger partial charge in [-0.05, 0) is 31.0 Å². The molecule has 1 saturated heterocycles. The van der Waals surface area contributed by atoms with Crippen LogP contribution in [0.15, 0.2) is 22.7 Å². The Balaban J connectivity index is 1.89. The van der Waals surface area contributed by atoms with Crippen molar-refractivity contribution in [2.24, 2.45) is 0 Å². The molecule has 0 radical (unpaired) electrons. The van der Waals surface area contributed by atoms with Gasteiger partial charge in [-0.1, -0.05) is 22.0 Å². The predicted octanol–water partition coefficient (Wildman–Crippen LogP) is 2.34. The third kappa shape index (κ3) is 4.01. The fourth-order valence-corrected chi connectivity index (χ4v) is 2.62. The van der Waals surface area contributed by atoms with Gasteiger partial charge in [0.1, 0.15) is 5.82 Å². The van der Waals surface area contributed by atoms with Crippen molar-refractivity contribution in [2.75, 3.05) is 19.6 Å². The van der Waals surface area contributed by atoms with E-state index in [0.29, 0.717) is 24.4 Å². The first-order chi connectivity index (χ1) is 9.06. The van der Waals surface area contributed by atoms with E-state index in [9.17, 15) is 9.18 Å². The Labute approximate surface area is 121 Å². The van der Waals surface area contributed by atoms with Gasteiger partial charge in [-0.25, -0.2) is 4.39 Å². The monoisotopic (exact) mass is 328 g/mol. The lowest BCUT2D eigenvalue weighted by molar-refractivity contribution is -0.132. The second-order valence-electron chi connectivity index (χ2n) is 4.93. The third-order valence-electron chi connectivity index (χ3n) is 3.34. The van der Waals surface area contributed by atoms with Gasteiger partial charge in [0.15, 0.2) is 0 Å². The molecule has 3 nitrogen and oxygen atoms in total. The SMILES string of the molecule is C[C@H]1CN(C(=O)CCc2ccc(Br)cc2F)CCN1. The van der Waals surface area contributed by atoms with E-state index in [-0.39, 0.29) is 11.7 Å². The highest BCUT2D eigenvalue weighted by molar-refractivity contribution is 9.10.